The van der Waals surface area contributed by atoms with Crippen LogP contribution in [-0.4, -0.2) is 35.1 Å². The SMILES string of the molecule is CN(C)CCCn1c(C(C)(C)C)nc2cc(C(F)(F)F)ccc21. The Morgan fingerprint density at radius 1 is 1.13 bits per heavy atom. The minimum Gasteiger partial charge on any atom is -0.327 e. The van der Waals surface area contributed by atoms with Crippen molar-refractivity contribution in [2.45, 2.75) is 45.3 Å². The lowest BCUT2D eigenvalue weighted by molar-refractivity contribution is -0.137. The van der Waals surface area contributed by atoms with Crippen molar-refractivity contribution in [3.05, 3.63) is 29.6 Å². The van der Waals surface area contributed by atoms with E-state index in [2.05, 4.69) is 14.5 Å². The Morgan fingerprint density at radius 2 is 1.78 bits per heavy atom. The summed E-state index contributed by atoms with van der Waals surface area (Å²) in [7, 11) is 4.01. The molecule has 0 amide bonds. The molecule has 0 spiro atoms. The molecule has 0 radical (unpaired) electrons. The number of halogens is 3. The first kappa shape index (κ1) is 17.8. The molecule has 1 aromatic carbocycles. The summed E-state index contributed by atoms with van der Waals surface area (Å²) in [6, 6.07) is 3.82. The fourth-order valence-electron chi connectivity index (χ4n) is 2.65. The number of aromatic nitrogens is 2. The second-order valence-corrected chi connectivity index (χ2v) is 7.20. The van der Waals surface area contributed by atoms with E-state index in [1.165, 1.54) is 6.07 Å². The highest BCUT2D eigenvalue weighted by atomic mass is 19.4. The zero-order chi connectivity index (χ0) is 17.4. The highest BCUT2D eigenvalue weighted by Gasteiger charge is 2.31. The number of rotatable bonds is 4. The van der Waals surface area contributed by atoms with E-state index in [-0.39, 0.29) is 5.41 Å². The Bertz CT molecular complexity index is 679. The lowest BCUT2D eigenvalue weighted by Crippen LogP contribution is -2.21. The number of benzene rings is 1. The van der Waals surface area contributed by atoms with Crippen molar-refractivity contribution in [2.24, 2.45) is 0 Å². The van der Waals surface area contributed by atoms with Crippen LogP contribution in [0.2, 0.25) is 0 Å². The van der Waals surface area contributed by atoms with Crippen LogP contribution in [0.25, 0.3) is 11.0 Å². The number of hydrogen-bond donors (Lipinski definition) is 0. The van der Waals surface area contributed by atoms with Crippen molar-refractivity contribution in [1.82, 2.24) is 14.5 Å². The first-order valence-electron chi connectivity index (χ1n) is 7.73. The summed E-state index contributed by atoms with van der Waals surface area (Å²) in [5.41, 5.74) is 0.301. The molecular formula is C17H24F3N3. The second kappa shape index (κ2) is 6.15. The minimum atomic E-state index is -4.34. The van der Waals surface area contributed by atoms with Gasteiger partial charge in [-0.25, -0.2) is 4.98 Å². The molecule has 128 valence electrons. The van der Waals surface area contributed by atoms with Crippen LogP contribution >= 0.6 is 0 Å². The van der Waals surface area contributed by atoms with Gasteiger partial charge in [0.25, 0.3) is 0 Å². The number of imidazole rings is 1. The van der Waals surface area contributed by atoms with E-state index in [1.807, 2.05) is 34.9 Å². The van der Waals surface area contributed by atoms with Gasteiger partial charge in [0.15, 0.2) is 0 Å². The molecular weight excluding hydrogens is 303 g/mol. The number of nitrogens with zero attached hydrogens (tertiary/aromatic N) is 3. The van der Waals surface area contributed by atoms with Crippen molar-refractivity contribution >= 4 is 11.0 Å². The van der Waals surface area contributed by atoms with Crippen LogP contribution in [-0.2, 0) is 18.1 Å². The predicted molar refractivity (Wildman–Crippen MR) is 86.6 cm³/mol. The van der Waals surface area contributed by atoms with E-state index in [4.69, 9.17) is 0 Å². The van der Waals surface area contributed by atoms with Gasteiger partial charge in [-0.1, -0.05) is 20.8 Å². The zero-order valence-electron chi connectivity index (χ0n) is 14.3. The molecule has 0 fully saturated rings. The Kier molecular flexibility index (Phi) is 4.76. The van der Waals surface area contributed by atoms with E-state index >= 15 is 0 Å². The van der Waals surface area contributed by atoms with Crippen molar-refractivity contribution in [3.63, 3.8) is 0 Å². The van der Waals surface area contributed by atoms with Gasteiger partial charge in [-0.15, -0.1) is 0 Å². The van der Waals surface area contributed by atoms with E-state index in [1.54, 1.807) is 0 Å². The van der Waals surface area contributed by atoms with Crippen LogP contribution in [0.5, 0.6) is 0 Å². The molecule has 0 atom stereocenters. The van der Waals surface area contributed by atoms with Gasteiger partial charge >= 0.3 is 6.18 Å². The standard InChI is InChI=1S/C17H24F3N3/c1-16(2,3)15-21-13-11-12(17(18,19)20)7-8-14(13)23(15)10-6-9-22(4)5/h7-8,11H,6,9-10H2,1-5H3. The van der Waals surface area contributed by atoms with E-state index in [9.17, 15) is 13.2 Å². The Morgan fingerprint density at radius 3 is 2.30 bits per heavy atom. The maximum atomic E-state index is 12.9. The molecule has 0 aliphatic heterocycles. The third kappa shape index (κ3) is 4.05. The smallest absolute Gasteiger partial charge is 0.327 e. The molecule has 0 aliphatic rings. The number of alkyl halides is 3. The molecule has 0 N–H and O–H groups in total. The predicted octanol–water partition coefficient (Wildman–Crippen LogP) is 4.30. The van der Waals surface area contributed by atoms with Crippen molar-refractivity contribution in [3.8, 4) is 0 Å². The monoisotopic (exact) mass is 327 g/mol. The van der Waals surface area contributed by atoms with E-state index in [0.29, 0.717) is 5.52 Å². The molecule has 2 rings (SSSR count). The molecule has 0 aliphatic carbocycles. The van der Waals surface area contributed by atoms with Crippen molar-refractivity contribution < 1.29 is 13.2 Å². The Hall–Kier alpha value is -1.56. The average Bonchev–Trinajstić information content (AvgIpc) is 2.75. The number of aryl methyl sites for hydroxylation is 1. The maximum Gasteiger partial charge on any atom is 0.416 e. The van der Waals surface area contributed by atoms with Gasteiger partial charge in [0.05, 0.1) is 16.6 Å². The molecule has 2 aromatic rings. The van der Waals surface area contributed by atoms with Crippen LogP contribution < -0.4 is 0 Å². The summed E-state index contributed by atoms with van der Waals surface area (Å²) >= 11 is 0. The fourth-order valence-corrected chi connectivity index (χ4v) is 2.65. The molecule has 0 saturated heterocycles. The summed E-state index contributed by atoms with van der Waals surface area (Å²) < 4.78 is 40.8. The number of hydrogen-bond acceptors (Lipinski definition) is 2. The Labute approximate surface area is 135 Å². The summed E-state index contributed by atoms with van der Waals surface area (Å²) in [5.74, 6) is 0.825. The largest absolute Gasteiger partial charge is 0.416 e. The minimum absolute atomic E-state index is 0.227. The highest BCUT2D eigenvalue weighted by Crippen LogP contribution is 2.33. The van der Waals surface area contributed by atoms with Crippen LogP contribution in [0.15, 0.2) is 18.2 Å². The highest BCUT2D eigenvalue weighted by molar-refractivity contribution is 5.77. The fraction of sp³-hybridized carbons (Fsp3) is 0.588. The van der Waals surface area contributed by atoms with Gasteiger partial charge < -0.3 is 9.47 Å². The summed E-state index contributed by atoms with van der Waals surface area (Å²) in [4.78, 5) is 6.60. The van der Waals surface area contributed by atoms with E-state index < -0.39 is 11.7 Å². The molecule has 1 heterocycles. The quantitative estimate of drug-likeness (QED) is 0.834. The first-order chi connectivity index (χ1) is 10.5. The topological polar surface area (TPSA) is 21.1 Å². The Balaban J connectivity index is 2.49. The normalized spacial score (nSPS) is 13.3. The zero-order valence-corrected chi connectivity index (χ0v) is 14.3. The lowest BCUT2D eigenvalue weighted by Gasteiger charge is -2.20. The van der Waals surface area contributed by atoms with Gasteiger partial charge in [0.2, 0.25) is 0 Å². The maximum absolute atomic E-state index is 12.9. The number of fused-ring (bicyclic) bond motifs is 1. The molecule has 0 saturated carbocycles. The van der Waals surface area contributed by atoms with E-state index in [0.717, 1.165) is 43.0 Å². The molecule has 23 heavy (non-hydrogen) atoms. The molecule has 3 nitrogen and oxygen atoms in total. The van der Waals surface area contributed by atoms with Crippen LogP contribution in [0.1, 0.15) is 38.6 Å². The summed E-state index contributed by atoms with van der Waals surface area (Å²) in [6.45, 7) is 7.75. The van der Waals surface area contributed by atoms with Crippen molar-refractivity contribution in [2.75, 3.05) is 20.6 Å². The van der Waals surface area contributed by atoms with Gasteiger partial charge in [-0.2, -0.15) is 13.2 Å². The third-order valence-corrected chi connectivity index (χ3v) is 3.73. The van der Waals surface area contributed by atoms with Gasteiger partial charge in [0, 0.05) is 12.0 Å². The first-order valence-corrected chi connectivity index (χ1v) is 7.73. The van der Waals surface area contributed by atoms with Crippen LogP contribution in [0, 0.1) is 0 Å². The van der Waals surface area contributed by atoms with Gasteiger partial charge in [0.1, 0.15) is 5.82 Å². The van der Waals surface area contributed by atoms with Crippen LogP contribution in [0.4, 0.5) is 13.2 Å². The molecule has 6 heteroatoms. The van der Waals surface area contributed by atoms with Crippen molar-refractivity contribution in [1.29, 1.82) is 0 Å². The third-order valence-electron chi connectivity index (χ3n) is 3.73. The average molecular weight is 327 g/mol. The van der Waals surface area contributed by atoms with Crippen LogP contribution in [0.3, 0.4) is 0 Å². The molecule has 1 aromatic heterocycles. The summed E-state index contributed by atoms with van der Waals surface area (Å²) in [6.07, 6.45) is -3.42. The van der Waals surface area contributed by atoms with Gasteiger partial charge in [-0.3, -0.25) is 0 Å². The lowest BCUT2D eigenvalue weighted by atomic mass is 9.95. The summed E-state index contributed by atoms with van der Waals surface area (Å²) in [5, 5.41) is 0. The molecule has 0 bridgehead atoms. The second-order valence-electron chi connectivity index (χ2n) is 7.20. The van der Waals surface area contributed by atoms with Gasteiger partial charge in [-0.05, 0) is 45.3 Å². The molecule has 0 unspecified atom stereocenters.